The third-order valence-corrected chi connectivity index (χ3v) is 5.14. The average Bonchev–Trinajstić information content (AvgIpc) is 2.51. The van der Waals surface area contributed by atoms with Crippen LogP contribution >= 0.6 is 0 Å². The molecule has 0 N–H and O–H groups in total. The molecule has 0 aromatic carbocycles. The van der Waals surface area contributed by atoms with E-state index >= 15 is 0 Å². The lowest BCUT2D eigenvalue weighted by Crippen LogP contribution is -2.43. The standard InChI is InChI=1S/C20H38O/c1-4-7-8-9-10-11-12-13-17-20(16-5-2)19(6-3)15-14-18-21-20/h6,19H,3-5,7-18H2,1-2H3. The maximum Gasteiger partial charge on any atom is 0.0744 e. The first-order valence-corrected chi connectivity index (χ1v) is 9.55. The van der Waals surface area contributed by atoms with Crippen LogP contribution in [0.15, 0.2) is 12.7 Å². The predicted molar refractivity (Wildman–Crippen MR) is 93.7 cm³/mol. The number of hydrogen-bond acceptors (Lipinski definition) is 1. The van der Waals surface area contributed by atoms with Crippen molar-refractivity contribution in [3.8, 4) is 0 Å². The summed E-state index contributed by atoms with van der Waals surface area (Å²) in [6, 6.07) is 0. The van der Waals surface area contributed by atoms with Crippen molar-refractivity contribution in [3.63, 3.8) is 0 Å². The third-order valence-electron chi connectivity index (χ3n) is 5.14. The van der Waals surface area contributed by atoms with Crippen LogP contribution in [0.5, 0.6) is 0 Å². The van der Waals surface area contributed by atoms with E-state index in [2.05, 4.69) is 26.5 Å². The molecule has 21 heavy (non-hydrogen) atoms. The monoisotopic (exact) mass is 294 g/mol. The molecule has 1 heterocycles. The van der Waals surface area contributed by atoms with Crippen LogP contribution in [-0.4, -0.2) is 12.2 Å². The first-order chi connectivity index (χ1) is 10.3. The highest BCUT2D eigenvalue weighted by Crippen LogP contribution is 2.39. The van der Waals surface area contributed by atoms with Crippen molar-refractivity contribution in [1.82, 2.24) is 0 Å². The molecule has 1 heteroatoms. The van der Waals surface area contributed by atoms with Gasteiger partial charge in [0.2, 0.25) is 0 Å². The summed E-state index contributed by atoms with van der Waals surface area (Å²) in [4.78, 5) is 0. The lowest BCUT2D eigenvalue weighted by atomic mass is 9.75. The summed E-state index contributed by atoms with van der Waals surface area (Å²) < 4.78 is 6.30. The first kappa shape index (κ1) is 18.7. The van der Waals surface area contributed by atoms with E-state index in [0.717, 1.165) is 6.61 Å². The van der Waals surface area contributed by atoms with E-state index in [1.807, 2.05) is 0 Å². The Labute approximate surface area is 133 Å². The van der Waals surface area contributed by atoms with Crippen LogP contribution in [0, 0.1) is 5.92 Å². The Kier molecular flexibility index (Phi) is 10.1. The van der Waals surface area contributed by atoms with E-state index in [1.54, 1.807) is 0 Å². The number of rotatable bonds is 12. The van der Waals surface area contributed by atoms with Gasteiger partial charge in [-0.3, -0.25) is 0 Å². The van der Waals surface area contributed by atoms with Crippen molar-refractivity contribution in [3.05, 3.63) is 12.7 Å². The molecule has 124 valence electrons. The quantitative estimate of drug-likeness (QED) is 0.288. The second-order valence-electron chi connectivity index (χ2n) is 6.87. The molecule has 0 spiro atoms. The van der Waals surface area contributed by atoms with Crippen molar-refractivity contribution in [2.75, 3.05) is 6.61 Å². The van der Waals surface area contributed by atoms with Crippen molar-refractivity contribution in [2.24, 2.45) is 5.92 Å². The molecule has 1 aliphatic heterocycles. The molecule has 1 aliphatic rings. The molecular weight excluding hydrogens is 256 g/mol. The molecule has 1 rings (SSSR count). The van der Waals surface area contributed by atoms with Gasteiger partial charge in [0.25, 0.3) is 0 Å². The van der Waals surface area contributed by atoms with Crippen LogP contribution in [0.3, 0.4) is 0 Å². The molecule has 2 atom stereocenters. The molecular formula is C20H38O. The van der Waals surface area contributed by atoms with E-state index in [1.165, 1.54) is 83.5 Å². The summed E-state index contributed by atoms with van der Waals surface area (Å²) in [6.45, 7) is 9.60. The Morgan fingerprint density at radius 2 is 1.62 bits per heavy atom. The topological polar surface area (TPSA) is 9.23 Å². The van der Waals surface area contributed by atoms with Gasteiger partial charge in [-0.05, 0) is 25.7 Å². The number of ether oxygens (including phenoxy) is 1. The fourth-order valence-electron chi connectivity index (χ4n) is 3.90. The van der Waals surface area contributed by atoms with Gasteiger partial charge in [-0.25, -0.2) is 0 Å². The van der Waals surface area contributed by atoms with Crippen molar-refractivity contribution < 1.29 is 4.74 Å². The van der Waals surface area contributed by atoms with Gasteiger partial charge in [0, 0.05) is 12.5 Å². The zero-order chi connectivity index (χ0) is 15.4. The van der Waals surface area contributed by atoms with Gasteiger partial charge in [0.1, 0.15) is 0 Å². The SMILES string of the molecule is C=CC1CCCOC1(CCC)CCCCCCCCCC. The molecule has 0 bridgehead atoms. The van der Waals surface area contributed by atoms with Crippen LogP contribution in [0.1, 0.15) is 97.3 Å². The largest absolute Gasteiger partial charge is 0.374 e. The Balaban J connectivity index is 2.26. The fraction of sp³-hybridized carbons (Fsp3) is 0.900. The summed E-state index contributed by atoms with van der Waals surface area (Å²) in [5.74, 6) is 0.579. The zero-order valence-electron chi connectivity index (χ0n) is 14.7. The summed E-state index contributed by atoms with van der Waals surface area (Å²) in [7, 11) is 0. The maximum atomic E-state index is 6.30. The van der Waals surface area contributed by atoms with Gasteiger partial charge in [-0.1, -0.05) is 77.7 Å². The fourth-order valence-corrected chi connectivity index (χ4v) is 3.90. The molecule has 0 amide bonds. The Morgan fingerprint density at radius 1 is 0.952 bits per heavy atom. The molecule has 0 aromatic rings. The molecule has 0 radical (unpaired) electrons. The Hall–Kier alpha value is -0.300. The van der Waals surface area contributed by atoms with E-state index in [0.29, 0.717) is 5.92 Å². The highest BCUT2D eigenvalue weighted by atomic mass is 16.5. The third kappa shape index (κ3) is 6.55. The van der Waals surface area contributed by atoms with E-state index in [4.69, 9.17) is 4.74 Å². The van der Waals surface area contributed by atoms with Crippen LogP contribution in [0.2, 0.25) is 0 Å². The van der Waals surface area contributed by atoms with E-state index in [9.17, 15) is 0 Å². The van der Waals surface area contributed by atoms with Crippen LogP contribution in [0.4, 0.5) is 0 Å². The normalized spacial score (nSPS) is 25.9. The lowest BCUT2D eigenvalue weighted by molar-refractivity contribution is -0.116. The summed E-state index contributed by atoms with van der Waals surface area (Å²) >= 11 is 0. The summed E-state index contributed by atoms with van der Waals surface area (Å²) in [6.07, 6.45) is 19.5. The molecule has 2 unspecified atom stereocenters. The minimum absolute atomic E-state index is 0.122. The van der Waals surface area contributed by atoms with Gasteiger partial charge < -0.3 is 4.74 Å². The van der Waals surface area contributed by atoms with E-state index < -0.39 is 0 Å². The molecule has 0 aromatic heterocycles. The lowest BCUT2D eigenvalue weighted by Gasteiger charge is -2.43. The van der Waals surface area contributed by atoms with Crippen molar-refractivity contribution in [2.45, 2.75) is 103 Å². The van der Waals surface area contributed by atoms with Gasteiger partial charge >= 0.3 is 0 Å². The van der Waals surface area contributed by atoms with Gasteiger partial charge in [-0.15, -0.1) is 6.58 Å². The molecule has 0 aliphatic carbocycles. The van der Waals surface area contributed by atoms with Gasteiger partial charge in [0.05, 0.1) is 5.60 Å². The second kappa shape index (κ2) is 11.3. The average molecular weight is 295 g/mol. The summed E-state index contributed by atoms with van der Waals surface area (Å²) in [5.41, 5.74) is 0.122. The Bertz CT molecular complexity index is 257. The van der Waals surface area contributed by atoms with Crippen LogP contribution < -0.4 is 0 Å². The van der Waals surface area contributed by atoms with Crippen molar-refractivity contribution in [1.29, 1.82) is 0 Å². The first-order valence-electron chi connectivity index (χ1n) is 9.55. The molecule has 1 fully saturated rings. The Morgan fingerprint density at radius 3 is 2.24 bits per heavy atom. The minimum atomic E-state index is 0.122. The number of unbranched alkanes of at least 4 members (excludes halogenated alkanes) is 7. The number of hydrogen-bond donors (Lipinski definition) is 0. The van der Waals surface area contributed by atoms with Gasteiger partial charge in [0.15, 0.2) is 0 Å². The second-order valence-corrected chi connectivity index (χ2v) is 6.87. The highest BCUT2D eigenvalue weighted by molar-refractivity contribution is 4.98. The van der Waals surface area contributed by atoms with Crippen LogP contribution in [-0.2, 0) is 4.74 Å². The van der Waals surface area contributed by atoms with E-state index in [-0.39, 0.29) is 5.60 Å². The molecule has 1 nitrogen and oxygen atoms in total. The van der Waals surface area contributed by atoms with Gasteiger partial charge in [-0.2, -0.15) is 0 Å². The van der Waals surface area contributed by atoms with Crippen LogP contribution in [0.25, 0.3) is 0 Å². The maximum absolute atomic E-state index is 6.30. The molecule has 1 saturated heterocycles. The highest BCUT2D eigenvalue weighted by Gasteiger charge is 2.38. The minimum Gasteiger partial charge on any atom is -0.374 e. The zero-order valence-corrected chi connectivity index (χ0v) is 14.7. The molecule has 0 saturated carbocycles. The predicted octanol–water partition coefficient (Wildman–Crippen LogP) is 6.67. The van der Waals surface area contributed by atoms with Crippen molar-refractivity contribution >= 4 is 0 Å². The summed E-state index contributed by atoms with van der Waals surface area (Å²) in [5, 5.41) is 0. The smallest absolute Gasteiger partial charge is 0.0744 e.